The van der Waals surface area contributed by atoms with Gasteiger partial charge in [-0.25, -0.2) is 8.42 Å². The second-order valence-electron chi connectivity index (χ2n) is 5.11. The number of pyridine rings is 1. The van der Waals surface area contributed by atoms with Gasteiger partial charge < -0.3 is 4.90 Å². The summed E-state index contributed by atoms with van der Waals surface area (Å²) >= 11 is 1.14. The number of amides is 1. The Kier molecular flexibility index (Phi) is 5.86. The molecule has 2 heterocycles. The second kappa shape index (κ2) is 7.67. The molecular formula is C15H19N3O3S2. The molecule has 0 aliphatic heterocycles. The molecule has 6 nitrogen and oxygen atoms in total. The maximum absolute atomic E-state index is 12.3. The highest BCUT2D eigenvalue weighted by Crippen LogP contribution is 2.19. The van der Waals surface area contributed by atoms with Crippen molar-refractivity contribution in [3.05, 3.63) is 47.6 Å². The average Bonchev–Trinajstić information content (AvgIpc) is 3.08. The molecule has 0 atom stereocenters. The monoisotopic (exact) mass is 353 g/mol. The minimum atomic E-state index is -3.60. The summed E-state index contributed by atoms with van der Waals surface area (Å²) < 4.78 is 25.9. The van der Waals surface area contributed by atoms with Gasteiger partial charge in [-0.05, 0) is 35.6 Å². The third kappa shape index (κ3) is 4.60. The first-order valence-corrected chi connectivity index (χ1v) is 9.36. The summed E-state index contributed by atoms with van der Waals surface area (Å²) in [6.07, 6.45) is 4.11. The second-order valence-corrected chi connectivity index (χ2v) is 8.33. The number of nitrogens with zero attached hydrogens (tertiary/aromatic N) is 3. The number of thiophene rings is 1. The molecular weight excluding hydrogens is 334 g/mol. The molecule has 0 spiro atoms. The van der Waals surface area contributed by atoms with E-state index in [9.17, 15) is 13.2 Å². The van der Waals surface area contributed by atoms with Gasteiger partial charge in [-0.3, -0.25) is 9.78 Å². The molecule has 0 fully saturated rings. The van der Waals surface area contributed by atoms with Crippen LogP contribution in [0.25, 0.3) is 0 Å². The Morgan fingerprint density at radius 3 is 2.52 bits per heavy atom. The average molecular weight is 353 g/mol. The van der Waals surface area contributed by atoms with Gasteiger partial charge in [0.15, 0.2) is 0 Å². The predicted molar refractivity (Wildman–Crippen MR) is 89.7 cm³/mol. The van der Waals surface area contributed by atoms with E-state index in [1.165, 1.54) is 13.1 Å². The normalized spacial score (nSPS) is 11.6. The molecule has 0 radical (unpaired) electrons. The summed E-state index contributed by atoms with van der Waals surface area (Å²) in [6.45, 7) is 0.350. The zero-order valence-electron chi connectivity index (χ0n) is 13.0. The largest absolute Gasteiger partial charge is 0.344 e. The Bertz CT molecular complexity index is 731. The maximum Gasteiger partial charge on any atom is 0.252 e. The summed E-state index contributed by atoms with van der Waals surface area (Å²) in [5.41, 5.74) is 1.08. The number of likely N-dealkylation sites (N-methyl/N-ethyl adjacent to an activating group) is 2. The Hall–Kier alpha value is -1.77. The fourth-order valence-electron chi connectivity index (χ4n) is 1.93. The van der Waals surface area contributed by atoms with Gasteiger partial charge in [-0.2, -0.15) is 4.31 Å². The van der Waals surface area contributed by atoms with E-state index in [1.54, 1.807) is 35.8 Å². The van der Waals surface area contributed by atoms with Gasteiger partial charge in [0.25, 0.3) is 10.0 Å². The third-order valence-electron chi connectivity index (χ3n) is 3.43. The van der Waals surface area contributed by atoms with E-state index >= 15 is 0 Å². The quantitative estimate of drug-likeness (QED) is 0.756. The van der Waals surface area contributed by atoms with Crippen LogP contribution in [0.4, 0.5) is 0 Å². The number of carbonyl (C=O) groups is 1. The highest BCUT2D eigenvalue weighted by molar-refractivity contribution is 7.91. The lowest BCUT2D eigenvalue weighted by Crippen LogP contribution is -2.39. The summed E-state index contributed by atoms with van der Waals surface area (Å²) in [6, 6.07) is 7.00. The zero-order valence-corrected chi connectivity index (χ0v) is 14.7. The van der Waals surface area contributed by atoms with Crippen LogP contribution in [0.15, 0.2) is 46.2 Å². The van der Waals surface area contributed by atoms with E-state index in [2.05, 4.69) is 4.98 Å². The van der Waals surface area contributed by atoms with Crippen LogP contribution in [0, 0.1) is 0 Å². The Morgan fingerprint density at radius 2 is 1.91 bits per heavy atom. The van der Waals surface area contributed by atoms with E-state index in [0.717, 1.165) is 21.2 Å². The van der Waals surface area contributed by atoms with Crippen LogP contribution in [-0.2, 0) is 21.2 Å². The van der Waals surface area contributed by atoms with Crippen molar-refractivity contribution in [3.8, 4) is 0 Å². The van der Waals surface area contributed by atoms with E-state index in [0.29, 0.717) is 13.0 Å². The van der Waals surface area contributed by atoms with Gasteiger partial charge in [0.1, 0.15) is 4.21 Å². The molecule has 0 unspecified atom stereocenters. The zero-order chi connectivity index (χ0) is 16.9. The molecule has 0 aliphatic carbocycles. The lowest BCUT2D eigenvalue weighted by Gasteiger charge is -2.21. The number of aromatic nitrogens is 1. The van der Waals surface area contributed by atoms with E-state index in [-0.39, 0.29) is 16.7 Å². The van der Waals surface area contributed by atoms with Crippen LogP contribution in [0.1, 0.15) is 5.56 Å². The summed E-state index contributed by atoms with van der Waals surface area (Å²) in [4.78, 5) is 17.7. The molecule has 0 aromatic carbocycles. The van der Waals surface area contributed by atoms with Gasteiger partial charge in [0.2, 0.25) is 5.91 Å². The molecule has 124 valence electrons. The molecule has 8 heteroatoms. The number of hydrogen-bond donors (Lipinski definition) is 0. The van der Waals surface area contributed by atoms with Crippen molar-refractivity contribution in [2.24, 2.45) is 0 Å². The molecule has 2 aromatic heterocycles. The van der Waals surface area contributed by atoms with Gasteiger partial charge in [-0.15, -0.1) is 11.3 Å². The highest BCUT2D eigenvalue weighted by Gasteiger charge is 2.24. The fourth-order valence-corrected chi connectivity index (χ4v) is 4.25. The molecule has 0 saturated heterocycles. The smallest absolute Gasteiger partial charge is 0.252 e. The third-order valence-corrected chi connectivity index (χ3v) is 6.60. The van der Waals surface area contributed by atoms with Crippen molar-refractivity contribution in [1.82, 2.24) is 14.2 Å². The summed E-state index contributed by atoms with van der Waals surface area (Å²) in [5.74, 6) is -0.235. The minimum absolute atomic E-state index is 0.174. The summed E-state index contributed by atoms with van der Waals surface area (Å²) in [7, 11) is -0.499. The minimum Gasteiger partial charge on any atom is -0.344 e. The van der Waals surface area contributed by atoms with Crippen molar-refractivity contribution in [3.63, 3.8) is 0 Å². The first-order chi connectivity index (χ1) is 10.9. The Balaban J connectivity index is 1.90. The Labute approximate surface area is 140 Å². The van der Waals surface area contributed by atoms with Crippen molar-refractivity contribution in [2.45, 2.75) is 10.6 Å². The first-order valence-electron chi connectivity index (χ1n) is 7.04. The van der Waals surface area contributed by atoms with Crippen molar-refractivity contribution >= 4 is 27.3 Å². The SMILES string of the molecule is CN(CCc1ccncc1)C(=O)CN(C)S(=O)(=O)c1cccs1. The molecule has 2 aromatic rings. The van der Waals surface area contributed by atoms with Crippen LogP contribution in [0.2, 0.25) is 0 Å². The van der Waals surface area contributed by atoms with E-state index < -0.39 is 10.0 Å². The van der Waals surface area contributed by atoms with E-state index in [4.69, 9.17) is 0 Å². The number of sulfonamides is 1. The topological polar surface area (TPSA) is 70.6 Å². The number of rotatable bonds is 7. The van der Waals surface area contributed by atoms with Crippen LogP contribution >= 0.6 is 11.3 Å². The molecule has 0 aliphatic rings. The van der Waals surface area contributed by atoms with E-state index in [1.807, 2.05) is 12.1 Å². The van der Waals surface area contributed by atoms with Crippen molar-refractivity contribution < 1.29 is 13.2 Å². The molecule has 0 saturated carbocycles. The number of carbonyl (C=O) groups excluding carboxylic acids is 1. The molecule has 23 heavy (non-hydrogen) atoms. The summed E-state index contributed by atoms with van der Waals surface area (Å²) in [5, 5.41) is 1.70. The number of hydrogen-bond acceptors (Lipinski definition) is 5. The van der Waals surface area contributed by atoms with Crippen LogP contribution in [-0.4, -0.2) is 55.7 Å². The first kappa shape index (κ1) is 17.6. The molecule has 0 bridgehead atoms. The van der Waals surface area contributed by atoms with Crippen LogP contribution in [0.5, 0.6) is 0 Å². The highest BCUT2D eigenvalue weighted by atomic mass is 32.2. The fraction of sp³-hybridized carbons (Fsp3) is 0.333. The molecule has 2 rings (SSSR count). The Morgan fingerprint density at radius 1 is 1.22 bits per heavy atom. The standard InChI is InChI=1S/C15H19N3O3S2/c1-17(10-7-13-5-8-16-9-6-13)14(19)12-18(2)23(20,21)15-4-3-11-22-15/h3-6,8-9,11H,7,10,12H2,1-2H3. The van der Waals surface area contributed by atoms with Crippen molar-refractivity contribution in [2.75, 3.05) is 27.2 Å². The van der Waals surface area contributed by atoms with Crippen LogP contribution < -0.4 is 0 Å². The van der Waals surface area contributed by atoms with Crippen molar-refractivity contribution in [1.29, 1.82) is 0 Å². The molecule has 0 N–H and O–H groups in total. The van der Waals surface area contributed by atoms with Gasteiger partial charge >= 0.3 is 0 Å². The van der Waals surface area contributed by atoms with Gasteiger partial charge in [0, 0.05) is 33.0 Å². The molecule has 1 amide bonds. The lowest BCUT2D eigenvalue weighted by atomic mass is 10.2. The predicted octanol–water partition coefficient (Wildman–Crippen LogP) is 1.46. The lowest BCUT2D eigenvalue weighted by molar-refractivity contribution is -0.129. The van der Waals surface area contributed by atoms with Crippen LogP contribution in [0.3, 0.4) is 0 Å². The van der Waals surface area contributed by atoms with Gasteiger partial charge in [-0.1, -0.05) is 6.07 Å². The van der Waals surface area contributed by atoms with Gasteiger partial charge in [0.05, 0.1) is 6.54 Å². The maximum atomic E-state index is 12.3.